The van der Waals surface area contributed by atoms with Crippen molar-refractivity contribution in [2.75, 3.05) is 0 Å². The molecule has 0 heterocycles. The first-order valence-corrected chi connectivity index (χ1v) is 3.20. The summed E-state index contributed by atoms with van der Waals surface area (Å²) < 4.78 is 0. The smallest absolute Gasteiger partial charge is 0.0947 e. The van der Waals surface area contributed by atoms with Gasteiger partial charge in [-0.05, 0) is 13.0 Å². The van der Waals surface area contributed by atoms with Crippen LogP contribution in [0.1, 0.15) is 20.8 Å². The van der Waals surface area contributed by atoms with Gasteiger partial charge in [0.25, 0.3) is 0 Å². The Bertz CT molecular complexity index is 121. The quantitative estimate of drug-likeness (QED) is 0.445. The molecule has 0 saturated heterocycles. The summed E-state index contributed by atoms with van der Waals surface area (Å²) in [6, 6.07) is 0. The zero-order valence-corrected chi connectivity index (χ0v) is 6.26. The fourth-order valence-electron chi connectivity index (χ4n) is 0.387. The predicted molar refractivity (Wildman–Crippen MR) is 40.4 cm³/mol. The lowest BCUT2D eigenvalue weighted by Crippen LogP contribution is -1.90. The third-order valence-corrected chi connectivity index (χ3v) is 1.05. The highest BCUT2D eigenvalue weighted by molar-refractivity contribution is 5.06. The van der Waals surface area contributed by atoms with E-state index in [-0.39, 0.29) is 5.92 Å². The van der Waals surface area contributed by atoms with Crippen molar-refractivity contribution in [3.8, 4) is 0 Å². The van der Waals surface area contributed by atoms with E-state index in [0.29, 0.717) is 5.76 Å². The molecule has 52 valence electrons. The summed E-state index contributed by atoms with van der Waals surface area (Å²) in [6.45, 7) is 5.83. The zero-order valence-electron chi connectivity index (χ0n) is 6.26. The molecule has 0 unspecified atom stereocenters. The van der Waals surface area contributed by atoms with E-state index in [2.05, 4.69) is 0 Å². The van der Waals surface area contributed by atoms with Gasteiger partial charge in [-0.25, -0.2) is 0 Å². The molecule has 0 aliphatic rings. The summed E-state index contributed by atoms with van der Waals surface area (Å²) in [6.07, 6.45) is 5.43. The Labute approximate surface area is 56.7 Å². The van der Waals surface area contributed by atoms with Crippen molar-refractivity contribution in [3.05, 3.63) is 24.0 Å². The van der Waals surface area contributed by atoms with Crippen LogP contribution in [-0.4, -0.2) is 5.11 Å². The van der Waals surface area contributed by atoms with Crippen LogP contribution in [-0.2, 0) is 0 Å². The first-order valence-electron chi connectivity index (χ1n) is 3.20. The zero-order chi connectivity index (χ0) is 7.28. The third kappa shape index (κ3) is 3.83. The van der Waals surface area contributed by atoms with E-state index < -0.39 is 0 Å². The molecular formula is C8H14O. The largest absolute Gasteiger partial charge is 0.512 e. The number of allylic oxidation sites excluding steroid dienone is 4. The van der Waals surface area contributed by atoms with Gasteiger partial charge in [-0.15, -0.1) is 0 Å². The van der Waals surface area contributed by atoms with Gasteiger partial charge in [0, 0.05) is 5.92 Å². The van der Waals surface area contributed by atoms with Gasteiger partial charge in [-0.2, -0.15) is 0 Å². The van der Waals surface area contributed by atoms with Crippen molar-refractivity contribution in [1.29, 1.82) is 0 Å². The van der Waals surface area contributed by atoms with Crippen LogP contribution in [0.2, 0.25) is 0 Å². The van der Waals surface area contributed by atoms with E-state index in [1.807, 2.05) is 32.9 Å². The minimum Gasteiger partial charge on any atom is -0.512 e. The van der Waals surface area contributed by atoms with Crippen LogP contribution in [0.4, 0.5) is 0 Å². The lowest BCUT2D eigenvalue weighted by Gasteiger charge is -1.99. The lowest BCUT2D eigenvalue weighted by molar-refractivity contribution is 0.352. The lowest BCUT2D eigenvalue weighted by atomic mass is 10.2. The van der Waals surface area contributed by atoms with E-state index in [0.717, 1.165) is 0 Å². The van der Waals surface area contributed by atoms with Crippen molar-refractivity contribution in [2.45, 2.75) is 20.8 Å². The molecule has 1 nitrogen and oxygen atoms in total. The van der Waals surface area contributed by atoms with E-state index in [1.165, 1.54) is 0 Å². The molecule has 0 radical (unpaired) electrons. The third-order valence-electron chi connectivity index (χ3n) is 1.05. The molecule has 0 bridgehead atoms. The van der Waals surface area contributed by atoms with Crippen molar-refractivity contribution in [2.24, 2.45) is 5.92 Å². The Hall–Kier alpha value is -0.720. The first kappa shape index (κ1) is 8.28. The molecule has 0 aromatic carbocycles. The Morgan fingerprint density at radius 2 is 2.00 bits per heavy atom. The summed E-state index contributed by atoms with van der Waals surface area (Å²) in [5.74, 6) is 0.675. The minimum absolute atomic E-state index is 0.237. The Balaban J connectivity index is 3.84. The van der Waals surface area contributed by atoms with Crippen LogP contribution in [0.3, 0.4) is 0 Å². The molecular weight excluding hydrogens is 112 g/mol. The van der Waals surface area contributed by atoms with Gasteiger partial charge in [0.05, 0.1) is 5.76 Å². The van der Waals surface area contributed by atoms with Crippen LogP contribution in [0.25, 0.3) is 0 Å². The maximum atomic E-state index is 9.07. The summed E-state index contributed by atoms with van der Waals surface area (Å²) in [4.78, 5) is 0. The van der Waals surface area contributed by atoms with Gasteiger partial charge in [0.15, 0.2) is 0 Å². The van der Waals surface area contributed by atoms with E-state index in [1.54, 1.807) is 6.08 Å². The maximum absolute atomic E-state index is 9.07. The molecule has 0 saturated carbocycles. The summed E-state index contributed by atoms with van der Waals surface area (Å²) >= 11 is 0. The molecule has 0 fully saturated rings. The normalized spacial score (nSPS) is 13.6. The van der Waals surface area contributed by atoms with Crippen molar-refractivity contribution >= 4 is 0 Å². The molecule has 9 heavy (non-hydrogen) atoms. The number of hydrogen-bond acceptors (Lipinski definition) is 1. The van der Waals surface area contributed by atoms with E-state index in [4.69, 9.17) is 5.11 Å². The van der Waals surface area contributed by atoms with Gasteiger partial charge in [-0.1, -0.05) is 26.0 Å². The highest BCUT2D eigenvalue weighted by Crippen LogP contribution is 2.03. The number of aliphatic hydroxyl groups excluding tert-OH is 1. The van der Waals surface area contributed by atoms with Crippen molar-refractivity contribution < 1.29 is 5.11 Å². The molecule has 0 aromatic rings. The second-order valence-electron chi connectivity index (χ2n) is 2.27. The Kier molecular flexibility index (Phi) is 3.85. The fraction of sp³-hybridized carbons (Fsp3) is 0.500. The minimum atomic E-state index is 0.237. The standard InChI is InChI=1S/C8H14O/c1-4-5-6-8(9)7(2)3/h4-7,9H,1-3H3/b5-4-,8-6+. The second kappa shape index (κ2) is 4.19. The van der Waals surface area contributed by atoms with E-state index >= 15 is 0 Å². The van der Waals surface area contributed by atoms with Gasteiger partial charge in [0.2, 0.25) is 0 Å². The summed E-state index contributed by atoms with van der Waals surface area (Å²) in [5.41, 5.74) is 0. The molecule has 0 spiro atoms. The average molecular weight is 126 g/mol. The van der Waals surface area contributed by atoms with Crippen LogP contribution < -0.4 is 0 Å². The SMILES string of the molecule is C/C=C\C=C(\O)C(C)C. The average Bonchev–Trinajstić information content (AvgIpc) is 1.82. The molecule has 1 heteroatoms. The number of hydrogen-bond donors (Lipinski definition) is 1. The number of rotatable bonds is 2. The van der Waals surface area contributed by atoms with E-state index in [9.17, 15) is 0 Å². The first-order chi connectivity index (χ1) is 4.18. The van der Waals surface area contributed by atoms with Crippen LogP contribution in [0.5, 0.6) is 0 Å². The Morgan fingerprint density at radius 1 is 1.44 bits per heavy atom. The summed E-state index contributed by atoms with van der Waals surface area (Å²) in [5, 5.41) is 9.07. The molecule has 0 aromatic heterocycles. The topological polar surface area (TPSA) is 20.2 Å². The predicted octanol–water partition coefficient (Wildman–Crippen LogP) is 2.66. The van der Waals surface area contributed by atoms with Crippen molar-refractivity contribution in [1.82, 2.24) is 0 Å². The molecule has 0 aliphatic carbocycles. The Morgan fingerprint density at radius 3 is 2.33 bits per heavy atom. The van der Waals surface area contributed by atoms with Gasteiger partial charge in [-0.3, -0.25) is 0 Å². The van der Waals surface area contributed by atoms with Crippen LogP contribution >= 0.6 is 0 Å². The fourth-order valence-corrected chi connectivity index (χ4v) is 0.387. The van der Waals surface area contributed by atoms with Crippen LogP contribution in [0, 0.1) is 5.92 Å². The highest BCUT2D eigenvalue weighted by Gasteiger charge is 1.95. The van der Waals surface area contributed by atoms with Gasteiger partial charge < -0.3 is 5.11 Å². The van der Waals surface area contributed by atoms with Gasteiger partial charge in [0.1, 0.15) is 0 Å². The van der Waals surface area contributed by atoms with Crippen LogP contribution in [0.15, 0.2) is 24.0 Å². The molecule has 0 atom stereocenters. The number of aliphatic hydroxyl groups is 1. The maximum Gasteiger partial charge on any atom is 0.0947 e. The van der Waals surface area contributed by atoms with Gasteiger partial charge >= 0.3 is 0 Å². The second-order valence-corrected chi connectivity index (χ2v) is 2.27. The monoisotopic (exact) mass is 126 g/mol. The molecule has 0 amide bonds. The molecule has 0 rings (SSSR count). The summed E-state index contributed by atoms with van der Waals surface area (Å²) in [7, 11) is 0. The van der Waals surface area contributed by atoms with Crippen molar-refractivity contribution in [3.63, 3.8) is 0 Å². The highest BCUT2D eigenvalue weighted by atomic mass is 16.3. The molecule has 1 N–H and O–H groups in total. The molecule has 0 aliphatic heterocycles.